The van der Waals surface area contributed by atoms with Crippen molar-refractivity contribution in [2.24, 2.45) is 0 Å². The van der Waals surface area contributed by atoms with Gasteiger partial charge < -0.3 is 15.7 Å². The van der Waals surface area contributed by atoms with Gasteiger partial charge in [-0.05, 0) is 18.9 Å². The molecular weight excluding hydrogens is 342 g/mol. The molecule has 3 amide bonds. The molecule has 26 heavy (non-hydrogen) atoms. The van der Waals surface area contributed by atoms with Gasteiger partial charge in [0.1, 0.15) is 5.70 Å². The number of imide groups is 1. The number of rotatable bonds is 7. The summed E-state index contributed by atoms with van der Waals surface area (Å²) in [5, 5.41) is 21.0. The Morgan fingerprint density at radius 1 is 1.31 bits per heavy atom. The van der Waals surface area contributed by atoms with E-state index in [0.717, 1.165) is 12.8 Å². The molecule has 3 heterocycles. The number of hydrogen-bond acceptors (Lipinski definition) is 9. The Hall–Kier alpha value is -3.25. The fourth-order valence-electron chi connectivity index (χ4n) is 2.39. The molecule has 4 rings (SSSR count). The number of aliphatic hydroxyl groups excluding tert-OH is 1. The summed E-state index contributed by atoms with van der Waals surface area (Å²) in [6, 6.07) is -0.226. The van der Waals surface area contributed by atoms with Gasteiger partial charge in [-0.15, -0.1) is 0 Å². The first-order valence-corrected chi connectivity index (χ1v) is 8.10. The zero-order chi connectivity index (χ0) is 18.1. The fourth-order valence-corrected chi connectivity index (χ4v) is 2.39. The van der Waals surface area contributed by atoms with Crippen LogP contribution >= 0.6 is 0 Å². The van der Waals surface area contributed by atoms with Gasteiger partial charge in [-0.25, -0.2) is 10.2 Å². The third-order valence-electron chi connectivity index (χ3n) is 3.76. The number of aromatic nitrogens is 4. The van der Waals surface area contributed by atoms with Crippen molar-refractivity contribution in [1.82, 2.24) is 35.6 Å². The van der Waals surface area contributed by atoms with E-state index in [1.54, 1.807) is 0 Å². The molecule has 2 aromatic rings. The highest BCUT2D eigenvalue weighted by molar-refractivity contribution is 6.14. The standard InChI is InChI=1S/C14H17N9O3/c24-4-3-15-22-12-19-10-7(5-9-11(25)20-14(26)18-9)6-16-23(10)13(21-12)17-8-1-2-8/h5-6,8,15,24H,1-4H2,(H2,17,19,21,22)(H2,18,20,25,26)/b9-5-. The first-order chi connectivity index (χ1) is 12.6. The van der Waals surface area contributed by atoms with Crippen LogP contribution in [0.3, 0.4) is 0 Å². The summed E-state index contributed by atoms with van der Waals surface area (Å²) in [5.41, 5.74) is 6.73. The second kappa shape index (κ2) is 6.57. The van der Waals surface area contributed by atoms with E-state index in [2.05, 4.69) is 41.9 Å². The van der Waals surface area contributed by atoms with E-state index in [-0.39, 0.29) is 18.3 Å². The minimum Gasteiger partial charge on any atom is -0.395 e. The molecule has 1 aliphatic carbocycles. The van der Waals surface area contributed by atoms with Gasteiger partial charge in [0.25, 0.3) is 5.91 Å². The molecule has 2 aliphatic rings. The van der Waals surface area contributed by atoms with Crippen LogP contribution in [0.5, 0.6) is 0 Å². The summed E-state index contributed by atoms with van der Waals surface area (Å²) >= 11 is 0. The molecule has 0 spiro atoms. The van der Waals surface area contributed by atoms with Crippen LogP contribution in [0.25, 0.3) is 11.7 Å². The number of fused-ring (bicyclic) bond motifs is 1. The van der Waals surface area contributed by atoms with E-state index in [1.807, 2.05) is 0 Å². The maximum absolute atomic E-state index is 11.7. The number of anilines is 2. The lowest BCUT2D eigenvalue weighted by atomic mass is 10.2. The van der Waals surface area contributed by atoms with Crippen molar-refractivity contribution in [3.8, 4) is 0 Å². The van der Waals surface area contributed by atoms with E-state index < -0.39 is 11.9 Å². The molecule has 12 nitrogen and oxygen atoms in total. The van der Waals surface area contributed by atoms with E-state index in [4.69, 9.17) is 5.11 Å². The number of urea groups is 1. The molecule has 1 aliphatic heterocycles. The average molecular weight is 359 g/mol. The monoisotopic (exact) mass is 359 g/mol. The van der Waals surface area contributed by atoms with Crippen molar-refractivity contribution < 1.29 is 14.7 Å². The smallest absolute Gasteiger partial charge is 0.326 e. The van der Waals surface area contributed by atoms with Crippen LogP contribution in [-0.2, 0) is 4.79 Å². The van der Waals surface area contributed by atoms with Gasteiger partial charge >= 0.3 is 6.03 Å². The zero-order valence-electron chi connectivity index (χ0n) is 13.6. The summed E-state index contributed by atoms with van der Waals surface area (Å²) < 4.78 is 1.54. The van der Waals surface area contributed by atoms with Crippen LogP contribution in [0.4, 0.5) is 16.7 Å². The third kappa shape index (κ3) is 3.27. The number of carbonyl (C=O) groups excluding carboxylic acids is 2. The second-order valence-corrected chi connectivity index (χ2v) is 5.87. The van der Waals surface area contributed by atoms with Gasteiger partial charge in [0, 0.05) is 18.2 Å². The van der Waals surface area contributed by atoms with Crippen molar-refractivity contribution in [3.63, 3.8) is 0 Å². The summed E-state index contributed by atoms with van der Waals surface area (Å²) in [6.45, 7) is 0.281. The molecule has 2 fully saturated rings. The molecular formula is C14H17N9O3. The van der Waals surface area contributed by atoms with Crippen molar-refractivity contribution in [3.05, 3.63) is 17.5 Å². The van der Waals surface area contributed by atoms with Gasteiger partial charge in [0.2, 0.25) is 11.9 Å². The Kier molecular flexibility index (Phi) is 4.10. The Bertz CT molecular complexity index is 902. The van der Waals surface area contributed by atoms with E-state index in [1.165, 1.54) is 16.8 Å². The molecule has 0 aromatic carbocycles. The van der Waals surface area contributed by atoms with Gasteiger partial charge in [-0.2, -0.15) is 19.6 Å². The van der Waals surface area contributed by atoms with Crippen molar-refractivity contribution in [2.75, 3.05) is 23.9 Å². The van der Waals surface area contributed by atoms with E-state index >= 15 is 0 Å². The number of carbonyl (C=O) groups is 2. The number of hydrazine groups is 1. The largest absolute Gasteiger partial charge is 0.395 e. The van der Waals surface area contributed by atoms with Crippen LogP contribution in [0.1, 0.15) is 18.4 Å². The zero-order valence-corrected chi connectivity index (χ0v) is 13.6. The molecule has 0 atom stereocenters. The Morgan fingerprint density at radius 2 is 2.15 bits per heavy atom. The van der Waals surface area contributed by atoms with Crippen molar-refractivity contribution in [2.45, 2.75) is 18.9 Å². The highest BCUT2D eigenvalue weighted by atomic mass is 16.3. The third-order valence-corrected chi connectivity index (χ3v) is 3.76. The van der Waals surface area contributed by atoms with Crippen molar-refractivity contribution in [1.29, 1.82) is 0 Å². The highest BCUT2D eigenvalue weighted by Gasteiger charge is 2.25. The van der Waals surface area contributed by atoms with Crippen LogP contribution in [0.15, 0.2) is 11.9 Å². The Balaban J connectivity index is 1.71. The van der Waals surface area contributed by atoms with Gasteiger partial charge in [0.05, 0.1) is 12.8 Å². The highest BCUT2D eigenvalue weighted by Crippen LogP contribution is 2.25. The van der Waals surface area contributed by atoms with Crippen LogP contribution in [0.2, 0.25) is 0 Å². The van der Waals surface area contributed by atoms with Gasteiger partial charge in [0.15, 0.2) is 5.65 Å². The summed E-state index contributed by atoms with van der Waals surface area (Å²) in [7, 11) is 0. The first kappa shape index (κ1) is 16.2. The molecule has 0 bridgehead atoms. The molecule has 1 saturated heterocycles. The lowest BCUT2D eigenvalue weighted by Crippen LogP contribution is -2.26. The average Bonchev–Trinajstić information content (AvgIpc) is 3.24. The molecule has 136 valence electrons. The first-order valence-electron chi connectivity index (χ1n) is 8.10. The molecule has 0 radical (unpaired) electrons. The second-order valence-electron chi connectivity index (χ2n) is 5.87. The van der Waals surface area contributed by atoms with E-state index in [9.17, 15) is 9.59 Å². The summed E-state index contributed by atoms with van der Waals surface area (Å²) in [5.74, 6) is 0.284. The molecule has 1 saturated carbocycles. The SMILES string of the molecule is O=C1NC(=O)/C(=C/c2cnn3c(NC4CC4)nc(NNCCO)nc23)N1. The normalized spacial score (nSPS) is 18.3. The van der Waals surface area contributed by atoms with Gasteiger partial charge in [-0.3, -0.25) is 15.5 Å². The lowest BCUT2D eigenvalue weighted by molar-refractivity contribution is -0.115. The van der Waals surface area contributed by atoms with Crippen LogP contribution < -0.4 is 26.8 Å². The predicted molar refractivity (Wildman–Crippen MR) is 90.8 cm³/mol. The molecule has 12 heteroatoms. The molecule has 2 aromatic heterocycles. The molecule has 6 N–H and O–H groups in total. The minimum atomic E-state index is -0.570. The Labute approximate surface area is 147 Å². The number of nitrogens with zero attached hydrogens (tertiary/aromatic N) is 4. The summed E-state index contributed by atoms with van der Waals surface area (Å²) in [4.78, 5) is 31.8. The number of hydrogen-bond donors (Lipinski definition) is 6. The quantitative estimate of drug-likeness (QED) is 0.154. The number of nitrogens with one attached hydrogen (secondary N) is 5. The maximum atomic E-state index is 11.7. The molecule has 0 unspecified atom stereocenters. The van der Waals surface area contributed by atoms with E-state index in [0.29, 0.717) is 29.7 Å². The minimum absolute atomic E-state index is 0.0404. The van der Waals surface area contributed by atoms with Gasteiger partial charge in [-0.1, -0.05) is 0 Å². The predicted octanol–water partition coefficient (Wildman–Crippen LogP) is -1.21. The Morgan fingerprint density at radius 3 is 2.85 bits per heavy atom. The number of aliphatic hydroxyl groups is 1. The number of amides is 3. The van der Waals surface area contributed by atoms with Crippen molar-refractivity contribution >= 4 is 35.6 Å². The van der Waals surface area contributed by atoms with Crippen LogP contribution in [0, 0.1) is 0 Å². The van der Waals surface area contributed by atoms with Crippen LogP contribution in [-0.4, -0.2) is 55.8 Å². The fraction of sp³-hybridized carbons (Fsp3) is 0.357. The lowest BCUT2D eigenvalue weighted by Gasteiger charge is -2.10. The topological polar surface area (TPSA) is 158 Å². The summed E-state index contributed by atoms with van der Waals surface area (Å²) in [6.07, 6.45) is 5.15. The maximum Gasteiger partial charge on any atom is 0.326 e.